The number of esters is 1. The number of hydrogen-bond acceptors (Lipinski definition) is 5. The van der Waals surface area contributed by atoms with Gasteiger partial charge in [0, 0.05) is 18.2 Å². The Balaban J connectivity index is 1.39. The minimum absolute atomic E-state index is 0.0598. The van der Waals surface area contributed by atoms with Crippen molar-refractivity contribution in [1.82, 2.24) is 9.88 Å². The molecule has 1 saturated carbocycles. The average Bonchev–Trinajstić information content (AvgIpc) is 3.14. The summed E-state index contributed by atoms with van der Waals surface area (Å²) < 4.78 is 5.39. The van der Waals surface area contributed by atoms with E-state index in [2.05, 4.69) is 4.98 Å². The molecular formula is C22H26N2O3S. The predicted molar refractivity (Wildman–Crippen MR) is 109 cm³/mol. The van der Waals surface area contributed by atoms with E-state index in [-0.39, 0.29) is 12.5 Å². The first-order valence-corrected chi connectivity index (χ1v) is 10.9. The molecule has 0 spiro atoms. The number of thiazole rings is 1. The van der Waals surface area contributed by atoms with E-state index in [0.717, 1.165) is 30.0 Å². The van der Waals surface area contributed by atoms with Crippen molar-refractivity contribution in [2.45, 2.75) is 51.5 Å². The predicted octanol–water partition coefficient (Wildman–Crippen LogP) is 4.46. The minimum Gasteiger partial charge on any atom is -0.451 e. The van der Waals surface area contributed by atoms with Gasteiger partial charge < -0.3 is 9.64 Å². The van der Waals surface area contributed by atoms with Gasteiger partial charge in [-0.2, -0.15) is 0 Å². The Morgan fingerprint density at radius 1 is 1.14 bits per heavy atom. The number of carbonyl (C=O) groups excluding carboxylic acids is 2. The molecule has 6 heteroatoms. The van der Waals surface area contributed by atoms with Gasteiger partial charge in [-0.15, -0.1) is 11.3 Å². The fourth-order valence-corrected chi connectivity index (χ4v) is 5.47. The van der Waals surface area contributed by atoms with Crippen LogP contribution in [0.25, 0.3) is 10.6 Å². The molecule has 1 aromatic carbocycles. The summed E-state index contributed by atoms with van der Waals surface area (Å²) in [6.07, 6.45) is 7.03. The van der Waals surface area contributed by atoms with Crippen LogP contribution < -0.4 is 0 Å². The van der Waals surface area contributed by atoms with Crippen LogP contribution in [0.3, 0.4) is 0 Å². The molecule has 148 valence electrons. The second kappa shape index (κ2) is 8.43. The van der Waals surface area contributed by atoms with E-state index in [4.69, 9.17) is 4.74 Å². The molecule has 28 heavy (non-hydrogen) atoms. The normalized spacial score (nSPS) is 21.8. The first-order chi connectivity index (χ1) is 13.6. The van der Waals surface area contributed by atoms with Crippen molar-refractivity contribution in [2.24, 2.45) is 5.92 Å². The fourth-order valence-electron chi connectivity index (χ4n) is 4.50. The summed E-state index contributed by atoms with van der Waals surface area (Å²) in [5.74, 6) is 0.109. The molecule has 1 saturated heterocycles. The standard InChI is InChI=1S/C22H26N2O3S/c1-15-20(28-21(23-15)17-9-3-2-4-10-17)22(26)27-14-19(25)24-13-7-11-16-8-5-6-12-18(16)24/h2-4,9-10,16,18H,5-8,11-14H2,1H3/t16-,18+/m0/s1. The highest BCUT2D eigenvalue weighted by Crippen LogP contribution is 2.35. The van der Waals surface area contributed by atoms with Crippen molar-refractivity contribution in [3.05, 3.63) is 40.9 Å². The molecule has 0 bridgehead atoms. The number of amides is 1. The van der Waals surface area contributed by atoms with Crippen LogP contribution in [0.4, 0.5) is 0 Å². The molecule has 0 radical (unpaired) electrons. The number of fused-ring (bicyclic) bond motifs is 1. The van der Waals surface area contributed by atoms with Crippen molar-refractivity contribution < 1.29 is 14.3 Å². The Morgan fingerprint density at radius 2 is 1.89 bits per heavy atom. The zero-order chi connectivity index (χ0) is 19.5. The topological polar surface area (TPSA) is 59.5 Å². The molecule has 1 aliphatic carbocycles. The van der Waals surface area contributed by atoms with Gasteiger partial charge in [0.1, 0.15) is 9.88 Å². The van der Waals surface area contributed by atoms with Crippen LogP contribution in [0, 0.1) is 12.8 Å². The zero-order valence-corrected chi connectivity index (χ0v) is 17.0. The fraction of sp³-hybridized carbons (Fsp3) is 0.500. The van der Waals surface area contributed by atoms with Gasteiger partial charge in [0.2, 0.25) is 0 Å². The first-order valence-electron chi connectivity index (χ1n) is 10.1. The number of rotatable bonds is 4. The lowest BCUT2D eigenvalue weighted by atomic mass is 9.78. The van der Waals surface area contributed by atoms with Crippen LogP contribution in [-0.4, -0.2) is 41.0 Å². The molecule has 5 nitrogen and oxygen atoms in total. The Bertz CT molecular complexity index is 847. The molecule has 2 aromatic rings. The van der Waals surface area contributed by atoms with Gasteiger partial charge in [-0.25, -0.2) is 9.78 Å². The lowest BCUT2D eigenvalue weighted by Crippen LogP contribution is -2.50. The van der Waals surface area contributed by atoms with Crippen molar-refractivity contribution in [3.63, 3.8) is 0 Å². The molecule has 1 aliphatic heterocycles. The summed E-state index contributed by atoms with van der Waals surface area (Å²) in [7, 11) is 0. The lowest BCUT2D eigenvalue weighted by molar-refractivity contribution is -0.140. The molecule has 2 aliphatic rings. The van der Waals surface area contributed by atoms with Gasteiger partial charge in [-0.1, -0.05) is 43.2 Å². The number of nitrogens with zero attached hydrogens (tertiary/aromatic N) is 2. The molecule has 0 unspecified atom stereocenters. The quantitative estimate of drug-likeness (QED) is 0.714. The van der Waals surface area contributed by atoms with Crippen LogP contribution in [0.2, 0.25) is 0 Å². The third kappa shape index (κ3) is 3.97. The summed E-state index contributed by atoms with van der Waals surface area (Å²) in [6.45, 7) is 2.41. The Labute approximate surface area is 169 Å². The van der Waals surface area contributed by atoms with Crippen LogP contribution in [0.15, 0.2) is 30.3 Å². The highest BCUT2D eigenvalue weighted by atomic mass is 32.1. The van der Waals surface area contributed by atoms with E-state index in [9.17, 15) is 9.59 Å². The van der Waals surface area contributed by atoms with Gasteiger partial charge in [-0.05, 0) is 38.5 Å². The monoisotopic (exact) mass is 398 g/mol. The Kier molecular flexibility index (Phi) is 5.76. The highest BCUT2D eigenvalue weighted by molar-refractivity contribution is 7.17. The third-order valence-electron chi connectivity index (χ3n) is 5.89. The van der Waals surface area contributed by atoms with Crippen molar-refractivity contribution in [3.8, 4) is 10.6 Å². The maximum atomic E-state index is 12.7. The summed E-state index contributed by atoms with van der Waals surface area (Å²) in [6, 6.07) is 10.1. The van der Waals surface area contributed by atoms with Crippen molar-refractivity contribution >= 4 is 23.2 Å². The summed E-state index contributed by atoms with van der Waals surface area (Å²) >= 11 is 1.32. The molecule has 2 atom stereocenters. The Hall–Kier alpha value is -2.21. The van der Waals surface area contributed by atoms with Gasteiger partial charge in [-0.3, -0.25) is 4.79 Å². The van der Waals surface area contributed by atoms with E-state index in [0.29, 0.717) is 22.5 Å². The van der Waals surface area contributed by atoms with Gasteiger partial charge in [0.25, 0.3) is 5.91 Å². The number of hydrogen-bond donors (Lipinski definition) is 0. The number of aromatic nitrogens is 1. The van der Waals surface area contributed by atoms with Gasteiger partial charge >= 0.3 is 5.97 Å². The molecular weight excluding hydrogens is 372 g/mol. The van der Waals surface area contributed by atoms with Gasteiger partial charge in [0.05, 0.1) is 5.69 Å². The van der Waals surface area contributed by atoms with E-state index >= 15 is 0 Å². The SMILES string of the molecule is Cc1nc(-c2ccccc2)sc1C(=O)OCC(=O)N1CCC[C@@H]2CCCC[C@H]21. The van der Waals surface area contributed by atoms with Crippen LogP contribution in [0.5, 0.6) is 0 Å². The maximum Gasteiger partial charge on any atom is 0.350 e. The van der Waals surface area contributed by atoms with Crippen molar-refractivity contribution in [2.75, 3.05) is 13.2 Å². The van der Waals surface area contributed by atoms with Crippen molar-refractivity contribution in [1.29, 1.82) is 0 Å². The number of ether oxygens (including phenoxy) is 1. The van der Waals surface area contributed by atoms with E-state index in [1.165, 1.54) is 37.0 Å². The van der Waals surface area contributed by atoms with Crippen LogP contribution in [-0.2, 0) is 9.53 Å². The van der Waals surface area contributed by atoms with E-state index in [1.54, 1.807) is 6.92 Å². The van der Waals surface area contributed by atoms with E-state index < -0.39 is 5.97 Å². The Morgan fingerprint density at radius 3 is 2.71 bits per heavy atom. The molecule has 4 rings (SSSR count). The second-order valence-corrected chi connectivity index (χ2v) is 8.72. The van der Waals surface area contributed by atoms with Crippen LogP contribution >= 0.6 is 11.3 Å². The average molecular weight is 399 g/mol. The number of carbonyl (C=O) groups is 2. The lowest BCUT2D eigenvalue weighted by Gasteiger charge is -2.44. The zero-order valence-electron chi connectivity index (χ0n) is 16.2. The smallest absolute Gasteiger partial charge is 0.350 e. The first kappa shape index (κ1) is 19.1. The number of piperidine rings is 1. The maximum absolute atomic E-state index is 12.7. The summed E-state index contributed by atoms with van der Waals surface area (Å²) in [5.41, 5.74) is 1.62. The minimum atomic E-state index is -0.456. The number of benzene rings is 1. The molecule has 1 amide bonds. The second-order valence-electron chi connectivity index (χ2n) is 7.72. The third-order valence-corrected chi connectivity index (χ3v) is 7.08. The molecule has 2 fully saturated rings. The van der Waals surface area contributed by atoms with Crippen LogP contribution in [0.1, 0.15) is 53.9 Å². The number of aryl methyl sites for hydroxylation is 1. The largest absolute Gasteiger partial charge is 0.451 e. The van der Waals surface area contributed by atoms with E-state index in [1.807, 2.05) is 35.2 Å². The summed E-state index contributed by atoms with van der Waals surface area (Å²) in [4.78, 5) is 32.2. The summed E-state index contributed by atoms with van der Waals surface area (Å²) in [5, 5.41) is 0.789. The molecule has 1 aromatic heterocycles. The van der Waals surface area contributed by atoms with Gasteiger partial charge in [0.15, 0.2) is 6.61 Å². The number of likely N-dealkylation sites (tertiary alicyclic amines) is 1. The molecule has 0 N–H and O–H groups in total. The molecule has 2 heterocycles. The highest BCUT2D eigenvalue weighted by Gasteiger charge is 2.36.